The van der Waals surface area contributed by atoms with Crippen LogP contribution in [0.1, 0.15) is 10.6 Å². The van der Waals surface area contributed by atoms with Crippen LogP contribution >= 0.6 is 0 Å². The molecule has 7 heteroatoms. The maximum atomic E-state index is 10.2. The van der Waals surface area contributed by atoms with Gasteiger partial charge in [0.15, 0.2) is 0 Å². The Hall–Kier alpha value is -1.34. The summed E-state index contributed by atoms with van der Waals surface area (Å²) in [6.45, 7) is 0. The Balaban J connectivity index is 2.90. The number of aromatic nitrogens is 2. The molecule has 0 spiro atoms. The fraction of sp³-hybridized carbons (Fsp3) is 0. The van der Waals surface area contributed by atoms with E-state index in [1.807, 2.05) is 0 Å². The van der Waals surface area contributed by atoms with Crippen LogP contribution in [-0.2, 0) is 0 Å². The zero-order valence-electron chi connectivity index (χ0n) is 5.35. The molecule has 58 valence electrons. The molecule has 0 fully saturated rings. The van der Waals surface area contributed by atoms with Crippen LogP contribution in [0.5, 0.6) is 0 Å². The topological polar surface area (TPSA) is 106 Å². The van der Waals surface area contributed by atoms with E-state index < -0.39 is 13.1 Å². The number of carbonyl (C=O) groups is 1. The Morgan fingerprint density at radius 2 is 2.27 bits per heavy atom. The third-order valence-electron chi connectivity index (χ3n) is 1.08. The molecule has 0 aliphatic rings. The molecule has 1 heterocycles. The van der Waals surface area contributed by atoms with Crippen molar-refractivity contribution in [2.24, 2.45) is 0 Å². The van der Waals surface area contributed by atoms with Crippen molar-refractivity contribution in [1.29, 1.82) is 0 Å². The lowest BCUT2D eigenvalue weighted by atomic mass is 9.87. The van der Waals surface area contributed by atoms with Crippen molar-refractivity contribution in [3.05, 3.63) is 12.0 Å². The van der Waals surface area contributed by atoms with Gasteiger partial charge in [0.2, 0.25) is 5.82 Å². The predicted molar refractivity (Wildman–Crippen MR) is 35.4 cm³/mol. The Bertz CT molecular complexity index is 271. The van der Waals surface area contributed by atoms with Crippen LogP contribution in [0, 0.1) is 0 Å². The second-order valence-electron chi connectivity index (χ2n) is 1.87. The van der Waals surface area contributed by atoms with E-state index in [4.69, 9.17) is 15.2 Å². The van der Waals surface area contributed by atoms with Crippen LogP contribution in [0.4, 0.5) is 0 Å². The number of nitrogens with zero attached hydrogens (tertiary/aromatic N) is 1. The van der Waals surface area contributed by atoms with Crippen LogP contribution in [-0.4, -0.2) is 38.2 Å². The van der Waals surface area contributed by atoms with Gasteiger partial charge in [0, 0.05) is 6.20 Å². The van der Waals surface area contributed by atoms with Crippen molar-refractivity contribution in [2.45, 2.75) is 0 Å². The molecule has 1 rings (SSSR count). The summed E-state index contributed by atoms with van der Waals surface area (Å²) in [7, 11) is -1.71. The van der Waals surface area contributed by atoms with Crippen LogP contribution in [0.2, 0.25) is 0 Å². The van der Waals surface area contributed by atoms with Gasteiger partial charge >= 0.3 is 13.1 Å². The number of hydrogen-bond acceptors (Lipinski definition) is 4. The summed E-state index contributed by atoms with van der Waals surface area (Å²) >= 11 is 0. The normalized spacial score (nSPS) is 9.64. The van der Waals surface area contributed by atoms with Gasteiger partial charge in [-0.05, 0) is 0 Å². The van der Waals surface area contributed by atoms with Gasteiger partial charge < -0.3 is 20.1 Å². The lowest BCUT2D eigenvalue weighted by Crippen LogP contribution is -2.31. The standard InChI is InChI=1S/C4H5BN2O4/c8-4(9)3-6-1-2(7-3)5(10)11/h1,10-11H,(H,6,7)(H,8,9). The lowest BCUT2D eigenvalue weighted by Gasteiger charge is -1.89. The highest BCUT2D eigenvalue weighted by molar-refractivity contribution is 6.57. The number of H-pyrrole nitrogens is 1. The Morgan fingerprint density at radius 3 is 2.55 bits per heavy atom. The number of imidazole rings is 1. The fourth-order valence-electron chi connectivity index (χ4n) is 0.575. The van der Waals surface area contributed by atoms with Gasteiger partial charge in [-0.3, -0.25) is 0 Å². The van der Waals surface area contributed by atoms with Gasteiger partial charge in [-0.1, -0.05) is 0 Å². The number of rotatable bonds is 2. The largest absolute Gasteiger partial charge is 0.507 e. The molecule has 0 aliphatic heterocycles. The molecule has 1 aromatic heterocycles. The molecule has 1 aromatic rings. The SMILES string of the molecule is O=C(O)c1ncc(B(O)O)[nH]1. The first kappa shape index (κ1) is 7.77. The molecule has 0 aromatic carbocycles. The number of carboxylic acid groups (broad SMARTS) is 1. The summed E-state index contributed by atoms with van der Waals surface area (Å²) in [6, 6.07) is 0. The van der Waals surface area contributed by atoms with E-state index in [-0.39, 0.29) is 11.4 Å². The highest BCUT2D eigenvalue weighted by atomic mass is 16.4. The molecule has 11 heavy (non-hydrogen) atoms. The third-order valence-corrected chi connectivity index (χ3v) is 1.08. The molecule has 0 aliphatic carbocycles. The van der Waals surface area contributed by atoms with Crippen LogP contribution in [0.25, 0.3) is 0 Å². The van der Waals surface area contributed by atoms with Crippen molar-refractivity contribution >= 4 is 18.7 Å². The minimum Gasteiger partial charge on any atom is -0.475 e. The molecular formula is C4H5BN2O4. The molecule has 6 nitrogen and oxygen atoms in total. The first-order valence-corrected chi connectivity index (χ1v) is 2.75. The summed E-state index contributed by atoms with van der Waals surface area (Å²) in [5.41, 5.74) is -0.0394. The summed E-state index contributed by atoms with van der Waals surface area (Å²) in [5.74, 6) is -1.55. The lowest BCUT2D eigenvalue weighted by molar-refractivity contribution is 0.0685. The van der Waals surface area contributed by atoms with E-state index in [0.717, 1.165) is 6.20 Å². The average Bonchev–Trinajstić information content (AvgIpc) is 2.33. The van der Waals surface area contributed by atoms with Crippen molar-refractivity contribution in [3.63, 3.8) is 0 Å². The molecule has 0 unspecified atom stereocenters. The predicted octanol–water partition coefficient (Wildman–Crippen LogP) is -2.21. The number of nitrogens with one attached hydrogen (secondary N) is 1. The highest BCUT2D eigenvalue weighted by Crippen LogP contribution is 1.85. The van der Waals surface area contributed by atoms with Crippen molar-refractivity contribution in [2.75, 3.05) is 0 Å². The van der Waals surface area contributed by atoms with E-state index in [0.29, 0.717) is 0 Å². The van der Waals surface area contributed by atoms with Gasteiger partial charge in [-0.15, -0.1) is 0 Å². The van der Waals surface area contributed by atoms with Crippen LogP contribution < -0.4 is 5.59 Å². The molecule has 0 saturated carbocycles. The van der Waals surface area contributed by atoms with Crippen LogP contribution in [0.15, 0.2) is 6.20 Å². The Labute approximate surface area is 61.7 Å². The number of aromatic amines is 1. The van der Waals surface area contributed by atoms with Crippen molar-refractivity contribution in [1.82, 2.24) is 9.97 Å². The van der Waals surface area contributed by atoms with Gasteiger partial charge in [-0.2, -0.15) is 0 Å². The smallest absolute Gasteiger partial charge is 0.475 e. The first-order valence-electron chi connectivity index (χ1n) is 2.75. The number of aromatic carboxylic acids is 1. The van der Waals surface area contributed by atoms with Crippen LogP contribution in [0.3, 0.4) is 0 Å². The second kappa shape index (κ2) is 2.73. The maximum absolute atomic E-state index is 10.2. The number of carboxylic acids is 1. The van der Waals surface area contributed by atoms with E-state index >= 15 is 0 Å². The zero-order valence-corrected chi connectivity index (χ0v) is 5.35. The highest BCUT2D eigenvalue weighted by Gasteiger charge is 2.16. The summed E-state index contributed by atoms with van der Waals surface area (Å²) < 4.78 is 0. The molecule has 0 radical (unpaired) electrons. The molecular weight excluding hydrogens is 151 g/mol. The van der Waals surface area contributed by atoms with Crippen molar-refractivity contribution < 1.29 is 19.9 Å². The van der Waals surface area contributed by atoms with Gasteiger partial charge in [0.05, 0.1) is 5.59 Å². The van der Waals surface area contributed by atoms with Gasteiger partial charge in [-0.25, -0.2) is 9.78 Å². The number of hydrogen-bond donors (Lipinski definition) is 4. The molecule has 0 atom stereocenters. The molecule has 0 amide bonds. The minimum atomic E-state index is -1.71. The quantitative estimate of drug-likeness (QED) is 0.363. The Morgan fingerprint density at radius 1 is 1.64 bits per heavy atom. The third kappa shape index (κ3) is 1.57. The summed E-state index contributed by atoms with van der Waals surface area (Å²) in [5, 5.41) is 25.3. The average molecular weight is 156 g/mol. The van der Waals surface area contributed by atoms with Gasteiger partial charge in [0.1, 0.15) is 0 Å². The monoisotopic (exact) mass is 156 g/mol. The zero-order chi connectivity index (χ0) is 8.43. The molecule has 0 bridgehead atoms. The minimum absolute atomic E-state index is 0.0394. The summed E-state index contributed by atoms with van der Waals surface area (Å²) in [6.07, 6.45) is 1.05. The maximum Gasteiger partial charge on any atom is 0.507 e. The van der Waals surface area contributed by atoms with E-state index in [1.165, 1.54) is 0 Å². The molecule has 0 saturated heterocycles. The van der Waals surface area contributed by atoms with Gasteiger partial charge in [0.25, 0.3) is 0 Å². The molecule has 4 N–H and O–H groups in total. The van der Waals surface area contributed by atoms with E-state index in [2.05, 4.69) is 9.97 Å². The second-order valence-corrected chi connectivity index (χ2v) is 1.87. The Kier molecular flexibility index (Phi) is 1.93. The summed E-state index contributed by atoms with van der Waals surface area (Å²) in [4.78, 5) is 15.7. The van der Waals surface area contributed by atoms with E-state index in [1.54, 1.807) is 0 Å². The van der Waals surface area contributed by atoms with Crippen molar-refractivity contribution in [3.8, 4) is 0 Å². The fourth-order valence-corrected chi connectivity index (χ4v) is 0.575. The van der Waals surface area contributed by atoms with E-state index in [9.17, 15) is 4.79 Å². The first-order chi connectivity index (χ1) is 5.11.